The van der Waals surface area contributed by atoms with Crippen molar-refractivity contribution in [1.29, 1.82) is 0 Å². The summed E-state index contributed by atoms with van der Waals surface area (Å²) in [6.07, 6.45) is 18.9. The number of aromatic nitrogens is 3. The van der Waals surface area contributed by atoms with E-state index in [1.54, 1.807) is 0 Å². The molecule has 0 saturated carbocycles. The minimum Gasteiger partial charge on any atom is -0.318 e. The number of pyridine rings is 1. The van der Waals surface area contributed by atoms with Crippen LogP contribution in [0.3, 0.4) is 0 Å². The van der Waals surface area contributed by atoms with Gasteiger partial charge in [0.15, 0.2) is 0 Å². The Morgan fingerprint density at radius 2 is 1.89 bits per heavy atom. The van der Waals surface area contributed by atoms with Crippen LogP contribution in [0.1, 0.15) is 56.4 Å². The summed E-state index contributed by atoms with van der Waals surface area (Å²) in [5.41, 5.74) is 3.68. The van der Waals surface area contributed by atoms with Crippen molar-refractivity contribution in [2.45, 2.75) is 59.0 Å². The molecule has 2 aromatic heterocycles. The summed E-state index contributed by atoms with van der Waals surface area (Å²) in [6, 6.07) is 4.89. The lowest BCUT2D eigenvalue weighted by molar-refractivity contribution is 0.218. The zero-order valence-corrected chi connectivity index (χ0v) is 23.9. The molecule has 3 rings (SSSR count). The molecule has 0 bridgehead atoms. The molecule has 6 nitrogen and oxygen atoms in total. The molecule has 0 spiro atoms. The van der Waals surface area contributed by atoms with Crippen LogP contribution in [-0.4, -0.2) is 71.7 Å². The lowest BCUT2D eigenvalue weighted by Gasteiger charge is -2.25. The van der Waals surface area contributed by atoms with Crippen LogP contribution in [-0.2, 0) is 26.4 Å². The number of likely N-dealkylation sites (N-methyl/N-ethyl adjacent to an activating group) is 2. The molecule has 2 aromatic rings. The maximum atomic E-state index is 6.06. The van der Waals surface area contributed by atoms with E-state index < -0.39 is 0 Å². The SMILES string of the molecule is C#C.C/C=C\c1nc(CNC)c(Cl)n1C.CCN(C)[C@@H](C)CN(C)C.c1cnc2c(c1)CCCC2. The van der Waals surface area contributed by atoms with E-state index in [0.717, 1.165) is 24.6 Å². The first-order chi connectivity index (χ1) is 16.7. The molecule has 2 heterocycles. The van der Waals surface area contributed by atoms with Crippen LogP contribution in [0.4, 0.5) is 0 Å². The quantitative estimate of drug-likeness (QED) is 0.544. The molecule has 0 amide bonds. The first-order valence-electron chi connectivity index (χ1n) is 12.3. The van der Waals surface area contributed by atoms with Gasteiger partial charge in [-0.15, -0.1) is 12.8 Å². The fraction of sp³-hybridized carbons (Fsp3) is 0.571. The smallest absolute Gasteiger partial charge is 0.133 e. The van der Waals surface area contributed by atoms with Gasteiger partial charge in [-0.25, -0.2) is 4.98 Å². The Hall–Kier alpha value is -2.17. The van der Waals surface area contributed by atoms with Crippen LogP contribution in [0, 0.1) is 12.8 Å². The highest BCUT2D eigenvalue weighted by molar-refractivity contribution is 6.30. The van der Waals surface area contributed by atoms with Crippen LogP contribution in [0.2, 0.25) is 5.15 Å². The zero-order valence-electron chi connectivity index (χ0n) is 23.2. The summed E-state index contributed by atoms with van der Waals surface area (Å²) in [5, 5.41) is 3.72. The van der Waals surface area contributed by atoms with E-state index in [1.807, 2.05) is 50.0 Å². The van der Waals surface area contributed by atoms with Crippen molar-refractivity contribution in [2.24, 2.45) is 7.05 Å². The summed E-state index contributed by atoms with van der Waals surface area (Å²) in [6.45, 7) is 9.37. The van der Waals surface area contributed by atoms with E-state index in [4.69, 9.17) is 11.6 Å². The van der Waals surface area contributed by atoms with Crippen LogP contribution in [0.25, 0.3) is 6.08 Å². The fourth-order valence-electron chi connectivity index (χ4n) is 3.64. The van der Waals surface area contributed by atoms with Crippen LogP contribution in [0.5, 0.6) is 0 Å². The number of aryl methyl sites for hydroxylation is 2. The molecular weight excluding hydrogens is 456 g/mol. The molecule has 0 fully saturated rings. The molecule has 0 aromatic carbocycles. The van der Waals surface area contributed by atoms with E-state index in [2.05, 4.69) is 79.0 Å². The third-order valence-electron chi connectivity index (χ3n) is 5.76. The maximum Gasteiger partial charge on any atom is 0.133 e. The Morgan fingerprint density at radius 1 is 1.23 bits per heavy atom. The second-order valence-electron chi connectivity index (χ2n) is 8.80. The Labute approximate surface area is 219 Å². The minimum absolute atomic E-state index is 0.667. The number of terminal acetylenes is 1. The van der Waals surface area contributed by atoms with Crippen molar-refractivity contribution in [1.82, 2.24) is 29.7 Å². The molecule has 7 heteroatoms. The van der Waals surface area contributed by atoms with Gasteiger partial charge in [-0.05, 0) is 92.0 Å². The largest absolute Gasteiger partial charge is 0.318 e. The predicted molar refractivity (Wildman–Crippen MR) is 153 cm³/mol. The number of nitrogens with one attached hydrogen (secondary N) is 1. The molecule has 1 N–H and O–H groups in total. The van der Waals surface area contributed by atoms with E-state index in [0.29, 0.717) is 17.7 Å². The fourth-order valence-corrected chi connectivity index (χ4v) is 3.84. The average molecular weight is 503 g/mol. The molecule has 1 aliphatic carbocycles. The number of fused-ring (bicyclic) bond motifs is 1. The van der Waals surface area contributed by atoms with Crippen molar-refractivity contribution < 1.29 is 0 Å². The second-order valence-corrected chi connectivity index (χ2v) is 9.16. The molecule has 35 heavy (non-hydrogen) atoms. The number of halogens is 1. The van der Waals surface area contributed by atoms with Gasteiger partial charge in [-0.3, -0.25) is 4.98 Å². The van der Waals surface area contributed by atoms with Gasteiger partial charge < -0.3 is 19.7 Å². The monoisotopic (exact) mass is 502 g/mol. The summed E-state index contributed by atoms with van der Waals surface area (Å²) < 4.78 is 1.87. The summed E-state index contributed by atoms with van der Waals surface area (Å²) in [4.78, 5) is 13.3. The Bertz CT molecular complexity index is 847. The molecular formula is C28H47ClN6. The Morgan fingerprint density at radius 3 is 2.43 bits per heavy atom. The molecule has 0 saturated heterocycles. The van der Waals surface area contributed by atoms with Crippen molar-refractivity contribution >= 4 is 17.7 Å². The topological polar surface area (TPSA) is 49.2 Å². The summed E-state index contributed by atoms with van der Waals surface area (Å²) in [5.74, 6) is 0.887. The summed E-state index contributed by atoms with van der Waals surface area (Å²) in [7, 11) is 10.2. The van der Waals surface area contributed by atoms with Crippen molar-refractivity contribution in [3.8, 4) is 12.8 Å². The zero-order chi connectivity index (χ0) is 26.8. The van der Waals surface area contributed by atoms with Crippen LogP contribution in [0.15, 0.2) is 24.4 Å². The molecule has 0 radical (unpaired) electrons. The van der Waals surface area contributed by atoms with Gasteiger partial charge >= 0.3 is 0 Å². The highest BCUT2D eigenvalue weighted by Crippen LogP contribution is 2.18. The molecule has 196 valence electrons. The van der Waals surface area contributed by atoms with Gasteiger partial charge in [-0.2, -0.15) is 0 Å². The number of rotatable bonds is 7. The van der Waals surface area contributed by atoms with E-state index in [-0.39, 0.29) is 0 Å². The van der Waals surface area contributed by atoms with Crippen molar-refractivity contribution in [3.05, 3.63) is 52.3 Å². The third kappa shape index (κ3) is 12.4. The Kier molecular flexibility index (Phi) is 17.9. The number of imidazole rings is 1. The van der Waals surface area contributed by atoms with Gasteiger partial charge in [-0.1, -0.05) is 30.7 Å². The van der Waals surface area contributed by atoms with Gasteiger partial charge in [0.1, 0.15) is 11.0 Å². The van der Waals surface area contributed by atoms with Gasteiger partial charge in [0.25, 0.3) is 0 Å². The maximum absolute atomic E-state index is 6.06. The van der Waals surface area contributed by atoms with Crippen molar-refractivity contribution in [2.75, 3.05) is 41.3 Å². The first-order valence-corrected chi connectivity index (χ1v) is 12.7. The van der Waals surface area contributed by atoms with Crippen LogP contribution >= 0.6 is 11.6 Å². The minimum atomic E-state index is 0.667. The number of hydrogen-bond acceptors (Lipinski definition) is 5. The third-order valence-corrected chi connectivity index (χ3v) is 6.23. The lowest BCUT2D eigenvalue weighted by Crippen LogP contribution is -2.37. The lowest BCUT2D eigenvalue weighted by atomic mass is 9.96. The van der Waals surface area contributed by atoms with E-state index >= 15 is 0 Å². The molecule has 1 aliphatic rings. The standard InChI is InChI=1S/C9H14ClN3.C9H11N.C8H20N2.C2H2/c1-4-5-8-12-7(6-11-2)9(10)13(8)3;1-2-6-9-8(4-1)5-3-7-10-9;1-6-10(5)8(2)7-9(3)4;1-2/h4-5,11H,6H2,1-3H3;3,5,7H,1-2,4,6H2;8H,6-7H2,1-5H3;1-2H/b5-4-;;;/t;;8-;/m..0./s1. The second kappa shape index (κ2) is 19.1. The average Bonchev–Trinajstić information content (AvgIpc) is 3.13. The van der Waals surface area contributed by atoms with Crippen LogP contribution < -0.4 is 5.32 Å². The highest BCUT2D eigenvalue weighted by atomic mass is 35.5. The molecule has 0 aliphatic heterocycles. The number of hydrogen-bond donors (Lipinski definition) is 1. The molecule has 1 atom stereocenters. The summed E-state index contributed by atoms with van der Waals surface area (Å²) >= 11 is 6.06. The Balaban J connectivity index is 0.000000483. The molecule has 0 unspecified atom stereocenters. The highest BCUT2D eigenvalue weighted by Gasteiger charge is 2.09. The van der Waals surface area contributed by atoms with Gasteiger partial charge in [0.2, 0.25) is 0 Å². The van der Waals surface area contributed by atoms with Gasteiger partial charge in [0.05, 0.1) is 5.69 Å². The van der Waals surface area contributed by atoms with E-state index in [9.17, 15) is 0 Å². The number of nitrogens with zero attached hydrogens (tertiary/aromatic N) is 5. The first kappa shape index (κ1) is 32.8. The van der Waals surface area contributed by atoms with Gasteiger partial charge in [0, 0.05) is 38.1 Å². The number of allylic oxidation sites excluding steroid dienone is 1. The normalized spacial score (nSPS) is 13.2. The predicted octanol–water partition coefficient (Wildman–Crippen LogP) is 4.92. The van der Waals surface area contributed by atoms with Crippen molar-refractivity contribution in [3.63, 3.8) is 0 Å². The van der Waals surface area contributed by atoms with E-state index in [1.165, 1.54) is 36.9 Å².